The number of benzene rings is 1. The van der Waals surface area contributed by atoms with E-state index in [4.69, 9.17) is 5.73 Å². The number of hydrogen-bond acceptors (Lipinski definition) is 3. The first-order chi connectivity index (χ1) is 8.95. The monoisotopic (exact) mass is 267 g/mol. The lowest BCUT2D eigenvalue weighted by molar-refractivity contribution is 0.412. The Labute approximate surface area is 116 Å². The summed E-state index contributed by atoms with van der Waals surface area (Å²) >= 11 is 0. The average Bonchev–Trinajstić information content (AvgIpc) is 2.34. The molecule has 0 bridgehead atoms. The van der Waals surface area contributed by atoms with Gasteiger partial charge in [-0.3, -0.25) is 0 Å². The maximum Gasteiger partial charge on any atom is 0.123 e. The molecule has 0 amide bonds. The van der Waals surface area contributed by atoms with Crippen LogP contribution in [0.25, 0.3) is 0 Å². The van der Waals surface area contributed by atoms with Crippen LogP contribution in [0.2, 0.25) is 0 Å². The first-order valence-electron chi connectivity index (χ1n) is 6.90. The van der Waals surface area contributed by atoms with Crippen LogP contribution in [-0.2, 0) is 0 Å². The Morgan fingerprint density at radius 3 is 2.42 bits per heavy atom. The summed E-state index contributed by atoms with van der Waals surface area (Å²) in [6.45, 7) is 6.90. The molecule has 1 aromatic carbocycles. The second kappa shape index (κ2) is 7.46. The van der Waals surface area contributed by atoms with Crippen LogP contribution in [0.3, 0.4) is 0 Å². The van der Waals surface area contributed by atoms with E-state index in [-0.39, 0.29) is 11.9 Å². The Morgan fingerprint density at radius 1 is 1.21 bits per heavy atom. The summed E-state index contributed by atoms with van der Waals surface area (Å²) in [5.74, 6) is -0.222. The first-order valence-corrected chi connectivity index (χ1v) is 6.90. The smallest absolute Gasteiger partial charge is 0.123 e. The SMILES string of the molecule is CCCN(CCN(C)C)c1ccc(F)cc1[C@H](C)N. The van der Waals surface area contributed by atoms with Gasteiger partial charge in [-0.05, 0) is 51.2 Å². The van der Waals surface area contributed by atoms with Gasteiger partial charge in [-0.15, -0.1) is 0 Å². The van der Waals surface area contributed by atoms with Crippen LogP contribution in [0.4, 0.5) is 10.1 Å². The lowest BCUT2D eigenvalue weighted by atomic mass is 10.1. The van der Waals surface area contributed by atoms with Gasteiger partial charge in [0.05, 0.1) is 0 Å². The van der Waals surface area contributed by atoms with Crippen molar-refractivity contribution < 1.29 is 4.39 Å². The summed E-state index contributed by atoms with van der Waals surface area (Å²) in [6.07, 6.45) is 1.06. The van der Waals surface area contributed by atoms with Gasteiger partial charge in [-0.2, -0.15) is 0 Å². The molecule has 0 saturated carbocycles. The van der Waals surface area contributed by atoms with Crippen LogP contribution >= 0.6 is 0 Å². The number of nitrogens with two attached hydrogens (primary N) is 1. The molecule has 0 unspecified atom stereocenters. The molecule has 1 rings (SSSR count). The zero-order valence-corrected chi connectivity index (χ0v) is 12.5. The van der Waals surface area contributed by atoms with Crippen molar-refractivity contribution in [2.24, 2.45) is 5.73 Å². The number of halogens is 1. The average molecular weight is 267 g/mol. The van der Waals surface area contributed by atoms with E-state index in [9.17, 15) is 4.39 Å². The van der Waals surface area contributed by atoms with Gasteiger partial charge >= 0.3 is 0 Å². The molecule has 0 saturated heterocycles. The molecule has 2 N–H and O–H groups in total. The van der Waals surface area contributed by atoms with Crippen LogP contribution in [0.5, 0.6) is 0 Å². The van der Waals surface area contributed by atoms with E-state index >= 15 is 0 Å². The number of hydrogen-bond donors (Lipinski definition) is 1. The minimum atomic E-state index is -0.222. The van der Waals surface area contributed by atoms with Crippen molar-refractivity contribution in [3.05, 3.63) is 29.6 Å². The van der Waals surface area contributed by atoms with Crippen molar-refractivity contribution in [2.75, 3.05) is 38.6 Å². The molecule has 4 heteroatoms. The zero-order valence-electron chi connectivity index (χ0n) is 12.5. The van der Waals surface area contributed by atoms with E-state index in [1.54, 1.807) is 6.07 Å². The molecule has 108 valence electrons. The van der Waals surface area contributed by atoms with E-state index in [1.807, 2.05) is 13.0 Å². The van der Waals surface area contributed by atoms with Gasteiger partial charge in [0.25, 0.3) is 0 Å². The van der Waals surface area contributed by atoms with Crippen molar-refractivity contribution in [3.8, 4) is 0 Å². The molecule has 0 spiro atoms. The molecular weight excluding hydrogens is 241 g/mol. The fraction of sp³-hybridized carbons (Fsp3) is 0.600. The second-order valence-electron chi connectivity index (χ2n) is 5.28. The predicted molar refractivity (Wildman–Crippen MR) is 80.1 cm³/mol. The number of rotatable bonds is 7. The van der Waals surface area contributed by atoms with Crippen LogP contribution in [0, 0.1) is 5.82 Å². The number of anilines is 1. The van der Waals surface area contributed by atoms with Crippen molar-refractivity contribution in [1.29, 1.82) is 0 Å². The third kappa shape index (κ3) is 4.80. The summed E-state index contributed by atoms with van der Waals surface area (Å²) < 4.78 is 13.4. The van der Waals surface area contributed by atoms with Gasteiger partial charge in [0.15, 0.2) is 0 Å². The molecule has 0 aliphatic carbocycles. The quantitative estimate of drug-likeness (QED) is 0.824. The Hall–Kier alpha value is -1.13. The summed E-state index contributed by atoms with van der Waals surface area (Å²) in [5, 5.41) is 0. The van der Waals surface area contributed by atoms with Gasteiger partial charge in [-0.1, -0.05) is 6.92 Å². The molecule has 19 heavy (non-hydrogen) atoms. The summed E-state index contributed by atoms with van der Waals surface area (Å²) in [7, 11) is 4.11. The molecule has 3 nitrogen and oxygen atoms in total. The van der Waals surface area contributed by atoms with Crippen molar-refractivity contribution in [1.82, 2.24) is 4.90 Å². The normalized spacial score (nSPS) is 12.8. The largest absolute Gasteiger partial charge is 0.370 e. The molecule has 0 radical (unpaired) electrons. The first kappa shape index (κ1) is 15.9. The fourth-order valence-corrected chi connectivity index (χ4v) is 2.12. The predicted octanol–water partition coefficient (Wildman–Crippen LogP) is 2.62. The van der Waals surface area contributed by atoms with Crippen molar-refractivity contribution >= 4 is 5.69 Å². The van der Waals surface area contributed by atoms with Gasteiger partial charge in [0.2, 0.25) is 0 Å². The minimum absolute atomic E-state index is 0.163. The van der Waals surface area contributed by atoms with Crippen LogP contribution in [-0.4, -0.2) is 38.6 Å². The van der Waals surface area contributed by atoms with Gasteiger partial charge < -0.3 is 15.5 Å². The Balaban J connectivity index is 3.00. The standard InChI is InChI=1S/C15H26FN3/c1-5-8-19(10-9-18(3)4)15-7-6-13(16)11-14(15)12(2)17/h6-7,11-12H,5,8-10,17H2,1-4H3/t12-/m0/s1. The van der Waals surface area contributed by atoms with E-state index in [1.165, 1.54) is 6.07 Å². The third-order valence-corrected chi connectivity index (χ3v) is 3.13. The van der Waals surface area contributed by atoms with Crippen LogP contribution < -0.4 is 10.6 Å². The van der Waals surface area contributed by atoms with E-state index in [0.717, 1.165) is 37.3 Å². The highest BCUT2D eigenvalue weighted by Crippen LogP contribution is 2.26. The lowest BCUT2D eigenvalue weighted by Gasteiger charge is -2.29. The molecule has 0 fully saturated rings. The molecule has 0 aromatic heterocycles. The second-order valence-corrected chi connectivity index (χ2v) is 5.28. The molecule has 1 atom stereocenters. The maximum atomic E-state index is 13.4. The number of nitrogens with zero attached hydrogens (tertiary/aromatic N) is 2. The minimum Gasteiger partial charge on any atom is -0.370 e. The van der Waals surface area contributed by atoms with E-state index < -0.39 is 0 Å². The third-order valence-electron chi connectivity index (χ3n) is 3.13. The highest BCUT2D eigenvalue weighted by molar-refractivity contribution is 5.55. The van der Waals surface area contributed by atoms with Gasteiger partial charge in [-0.25, -0.2) is 4.39 Å². The van der Waals surface area contributed by atoms with Gasteiger partial charge in [0, 0.05) is 31.4 Å². The Morgan fingerprint density at radius 2 is 1.89 bits per heavy atom. The highest BCUT2D eigenvalue weighted by Gasteiger charge is 2.14. The topological polar surface area (TPSA) is 32.5 Å². The fourth-order valence-electron chi connectivity index (χ4n) is 2.12. The van der Waals surface area contributed by atoms with E-state index in [2.05, 4.69) is 30.8 Å². The zero-order chi connectivity index (χ0) is 14.4. The van der Waals surface area contributed by atoms with Crippen molar-refractivity contribution in [3.63, 3.8) is 0 Å². The summed E-state index contributed by atoms with van der Waals surface area (Å²) in [4.78, 5) is 4.44. The maximum absolute atomic E-state index is 13.4. The molecular formula is C15H26FN3. The molecule has 0 aliphatic rings. The number of likely N-dealkylation sites (N-methyl/N-ethyl adjacent to an activating group) is 1. The van der Waals surface area contributed by atoms with Gasteiger partial charge in [0.1, 0.15) is 5.82 Å². The molecule has 0 aliphatic heterocycles. The highest BCUT2D eigenvalue weighted by atomic mass is 19.1. The summed E-state index contributed by atoms with van der Waals surface area (Å²) in [5.41, 5.74) is 7.91. The summed E-state index contributed by atoms with van der Waals surface area (Å²) in [6, 6.07) is 4.75. The van der Waals surface area contributed by atoms with Crippen molar-refractivity contribution in [2.45, 2.75) is 26.3 Å². The molecule has 0 heterocycles. The van der Waals surface area contributed by atoms with Crippen LogP contribution in [0.1, 0.15) is 31.9 Å². The Kier molecular flexibility index (Phi) is 6.25. The molecule has 1 aromatic rings. The Bertz CT molecular complexity index is 391. The lowest BCUT2D eigenvalue weighted by Crippen LogP contribution is -2.33. The van der Waals surface area contributed by atoms with Crippen LogP contribution in [0.15, 0.2) is 18.2 Å². The van der Waals surface area contributed by atoms with E-state index in [0.29, 0.717) is 0 Å².